The number of ether oxygens (including phenoxy) is 1. The first kappa shape index (κ1) is 7.01. The maximum atomic E-state index is 9.83. The van der Waals surface area contributed by atoms with Crippen molar-refractivity contribution in [2.75, 3.05) is 7.11 Å². The van der Waals surface area contributed by atoms with Crippen LogP contribution in [0.2, 0.25) is 0 Å². The Morgan fingerprint density at radius 2 is 2.12 bits per heavy atom. The Hall–Kier alpha value is -0.990. The molecule has 0 aromatic rings. The number of methoxy groups -OCH3 is 1. The molecule has 0 atom stereocenters. The summed E-state index contributed by atoms with van der Waals surface area (Å²) in [7, 11) is 1.38. The highest BCUT2D eigenvalue weighted by Crippen LogP contribution is 1.90. The van der Waals surface area contributed by atoms with Crippen LogP contribution in [0.4, 0.5) is 0 Å². The molecule has 0 aliphatic carbocycles. The predicted molar refractivity (Wildman–Crippen MR) is 26.5 cm³/mol. The Labute approximate surface area is 47.6 Å². The Kier molecular flexibility index (Phi) is 2.69. The molecular weight excluding hydrogens is 108 g/mol. The third kappa shape index (κ3) is 2.23. The molecule has 0 unspecified atom stereocenters. The van der Waals surface area contributed by atoms with E-state index >= 15 is 0 Å². The Bertz CT molecular complexity index is 115. The monoisotopic (exact) mass is 115 g/mol. The molecular formula is C5H7O3. The third-order valence-electron chi connectivity index (χ3n) is 0.617. The molecule has 1 radical (unpaired) electrons. The van der Waals surface area contributed by atoms with Crippen LogP contribution in [0.1, 0.15) is 6.92 Å². The topological polar surface area (TPSA) is 46.2 Å². The van der Waals surface area contributed by atoms with Gasteiger partial charge in [0.1, 0.15) is 0 Å². The minimum absolute atomic E-state index is 0.0903. The van der Waals surface area contributed by atoms with Crippen molar-refractivity contribution in [3.05, 3.63) is 11.8 Å². The van der Waals surface area contributed by atoms with Gasteiger partial charge < -0.3 is 4.74 Å². The van der Waals surface area contributed by atoms with E-state index in [0.29, 0.717) is 0 Å². The summed E-state index contributed by atoms with van der Waals surface area (Å²) in [6, 6.07) is 0. The second kappa shape index (κ2) is 3.07. The van der Waals surface area contributed by atoms with E-state index < -0.39 is 5.97 Å². The average Bonchev–Trinajstić information content (AvgIpc) is 1.67. The Morgan fingerprint density at radius 3 is 2.25 bits per heavy atom. The summed E-state index contributed by atoms with van der Waals surface area (Å²) in [5.74, 6) is -1.20. The molecule has 0 bridgehead atoms. The van der Waals surface area contributed by atoms with Gasteiger partial charge in [0, 0.05) is 0 Å². The summed E-state index contributed by atoms with van der Waals surface area (Å²) in [4.78, 5) is 9.83. The van der Waals surface area contributed by atoms with Crippen molar-refractivity contribution in [1.29, 1.82) is 0 Å². The number of carbonyl (C=O) groups is 1. The van der Waals surface area contributed by atoms with Gasteiger partial charge in [-0.15, -0.1) is 0 Å². The number of carbonyl (C=O) groups excluding carboxylic acids is 1. The van der Waals surface area contributed by atoms with Crippen LogP contribution in [0, 0.1) is 0 Å². The first-order chi connectivity index (χ1) is 3.68. The maximum Gasteiger partial charge on any atom is 0.385 e. The minimum Gasteiger partial charge on any atom is -0.504 e. The number of hydrogen-bond acceptors (Lipinski definition) is 2. The standard InChI is InChI=1S/C5H7O3/c1-4(3-8-2)5(6)7/h3H,1-2H3/b4-3+. The zero-order valence-corrected chi connectivity index (χ0v) is 4.80. The molecule has 45 valence electrons. The summed E-state index contributed by atoms with van der Waals surface area (Å²) in [5.41, 5.74) is 0.0903. The van der Waals surface area contributed by atoms with Gasteiger partial charge in [-0.3, -0.25) is 0 Å². The molecule has 8 heavy (non-hydrogen) atoms. The molecule has 0 heterocycles. The van der Waals surface area contributed by atoms with Gasteiger partial charge in [-0.1, -0.05) is 0 Å². The molecule has 0 saturated heterocycles. The van der Waals surface area contributed by atoms with Crippen molar-refractivity contribution in [1.82, 2.24) is 0 Å². The zero-order chi connectivity index (χ0) is 6.57. The average molecular weight is 115 g/mol. The quantitative estimate of drug-likeness (QED) is 0.388. The fraction of sp³-hybridized carbons (Fsp3) is 0.400. The minimum atomic E-state index is -1.20. The van der Waals surface area contributed by atoms with E-state index in [9.17, 15) is 9.90 Å². The lowest BCUT2D eigenvalue weighted by atomic mass is 10.4. The lowest BCUT2D eigenvalue weighted by Crippen LogP contribution is -1.93. The number of rotatable bonds is 2. The van der Waals surface area contributed by atoms with Crippen LogP contribution < -0.4 is 0 Å². The SMILES string of the molecule is CO/C=C(\C)C([O])=O. The smallest absolute Gasteiger partial charge is 0.385 e. The van der Waals surface area contributed by atoms with Gasteiger partial charge in [0.25, 0.3) is 0 Å². The van der Waals surface area contributed by atoms with Gasteiger partial charge in [-0.25, -0.2) is 9.90 Å². The highest BCUT2D eigenvalue weighted by Gasteiger charge is 2.00. The summed E-state index contributed by atoms with van der Waals surface area (Å²) in [5, 5.41) is 9.83. The van der Waals surface area contributed by atoms with Crippen LogP contribution in [0.5, 0.6) is 0 Å². The Balaban J connectivity index is 3.80. The van der Waals surface area contributed by atoms with Gasteiger partial charge in [-0.05, 0) is 6.92 Å². The molecule has 0 aliphatic heterocycles. The lowest BCUT2D eigenvalue weighted by molar-refractivity contribution is -0.138. The van der Waals surface area contributed by atoms with Gasteiger partial charge in [0.05, 0.1) is 18.9 Å². The van der Waals surface area contributed by atoms with Gasteiger partial charge in [0.2, 0.25) is 0 Å². The van der Waals surface area contributed by atoms with E-state index in [2.05, 4.69) is 4.74 Å². The second-order valence-electron chi connectivity index (χ2n) is 1.32. The van der Waals surface area contributed by atoms with E-state index in [1.165, 1.54) is 14.0 Å². The molecule has 0 N–H and O–H groups in total. The fourth-order valence-corrected chi connectivity index (χ4v) is 0.225. The molecule has 3 heteroatoms. The van der Waals surface area contributed by atoms with E-state index in [4.69, 9.17) is 0 Å². The molecule has 3 nitrogen and oxygen atoms in total. The van der Waals surface area contributed by atoms with Crippen molar-refractivity contribution in [2.24, 2.45) is 0 Å². The molecule has 0 aliphatic rings. The molecule has 0 aromatic carbocycles. The van der Waals surface area contributed by atoms with Gasteiger partial charge in [0.15, 0.2) is 0 Å². The fourth-order valence-electron chi connectivity index (χ4n) is 0.225. The molecule has 0 fully saturated rings. The molecule has 0 spiro atoms. The van der Waals surface area contributed by atoms with Crippen LogP contribution in [0.15, 0.2) is 11.8 Å². The molecule has 0 aromatic heterocycles. The second-order valence-corrected chi connectivity index (χ2v) is 1.32. The zero-order valence-electron chi connectivity index (χ0n) is 4.80. The first-order valence-electron chi connectivity index (χ1n) is 2.09. The first-order valence-corrected chi connectivity index (χ1v) is 2.09. The van der Waals surface area contributed by atoms with Gasteiger partial charge in [-0.2, -0.15) is 0 Å². The molecule has 0 rings (SSSR count). The van der Waals surface area contributed by atoms with E-state index in [0.717, 1.165) is 6.26 Å². The Morgan fingerprint density at radius 1 is 1.62 bits per heavy atom. The summed E-state index contributed by atoms with van der Waals surface area (Å²) < 4.78 is 4.38. The summed E-state index contributed by atoms with van der Waals surface area (Å²) >= 11 is 0. The van der Waals surface area contributed by atoms with Crippen molar-refractivity contribution < 1.29 is 14.6 Å². The largest absolute Gasteiger partial charge is 0.504 e. The molecule has 0 amide bonds. The maximum absolute atomic E-state index is 9.83. The summed E-state index contributed by atoms with van der Waals surface area (Å²) in [6.45, 7) is 1.40. The van der Waals surface area contributed by atoms with Crippen LogP contribution in [-0.2, 0) is 14.6 Å². The summed E-state index contributed by atoms with van der Waals surface area (Å²) in [6.07, 6.45) is 1.12. The van der Waals surface area contributed by atoms with Crippen molar-refractivity contribution in [3.8, 4) is 0 Å². The van der Waals surface area contributed by atoms with Crippen LogP contribution in [0.25, 0.3) is 0 Å². The van der Waals surface area contributed by atoms with Crippen molar-refractivity contribution in [2.45, 2.75) is 6.92 Å². The molecule has 0 saturated carbocycles. The van der Waals surface area contributed by atoms with E-state index in [-0.39, 0.29) is 5.57 Å². The predicted octanol–water partition coefficient (Wildman–Crippen LogP) is 0.494. The third-order valence-corrected chi connectivity index (χ3v) is 0.617. The van der Waals surface area contributed by atoms with Crippen LogP contribution in [-0.4, -0.2) is 13.1 Å². The van der Waals surface area contributed by atoms with E-state index in [1.54, 1.807) is 0 Å². The number of hydrogen-bond donors (Lipinski definition) is 0. The normalized spacial score (nSPS) is 11.0. The van der Waals surface area contributed by atoms with Gasteiger partial charge >= 0.3 is 5.97 Å². The van der Waals surface area contributed by atoms with Crippen LogP contribution in [0.3, 0.4) is 0 Å². The highest BCUT2D eigenvalue weighted by molar-refractivity contribution is 5.84. The lowest BCUT2D eigenvalue weighted by Gasteiger charge is -1.87. The highest BCUT2D eigenvalue weighted by atomic mass is 16.5. The van der Waals surface area contributed by atoms with E-state index in [1.807, 2.05) is 0 Å². The van der Waals surface area contributed by atoms with Crippen molar-refractivity contribution in [3.63, 3.8) is 0 Å². The van der Waals surface area contributed by atoms with Crippen molar-refractivity contribution >= 4 is 5.97 Å². The van der Waals surface area contributed by atoms with Crippen LogP contribution >= 0.6 is 0 Å².